The molecule has 0 aromatic carbocycles. The molecule has 1 aliphatic rings. The summed E-state index contributed by atoms with van der Waals surface area (Å²) in [5.74, 6) is 0.713. The molecule has 0 radical (unpaired) electrons. The van der Waals surface area contributed by atoms with Crippen molar-refractivity contribution in [3.8, 4) is 0 Å². The molecule has 0 aliphatic heterocycles. The van der Waals surface area contributed by atoms with E-state index >= 15 is 0 Å². The Balaban J connectivity index is 2.20. The van der Waals surface area contributed by atoms with Gasteiger partial charge in [0.15, 0.2) is 0 Å². The maximum atomic E-state index is 5.95. The Labute approximate surface area is 96.7 Å². The number of hydrogen-bond acceptors (Lipinski definition) is 1. The first-order valence-corrected chi connectivity index (χ1v) is 6.65. The van der Waals surface area contributed by atoms with Gasteiger partial charge in [-0.1, -0.05) is 50.0 Å². The van der Waals surface area contributed by atoms with Crippen LogP contribution in [-0.4, -0.2) is 17.5 Å². The molecule has 84 valence electrons. The Bertz CT molecular complexity index is 179. The fourth-order valence-corrected chi connectivity index (χ4v) is 2.61. The number of ether oxygens (including phenoxy) is 1. The summed E-state index contributed by atoms with van der Waals surface area (Å²) in [6, 6.07) is 0. The first-order chi connectivity index (χ1) is 6.48. The average molecular weight is 263 g/mol. The van der Waals surface area contributed by atoms with E-state index in [0.717, 1.165) is 6.61 Å². The summed E-state index contributed by atoms with van der Waals surface area (Å²) in [6.45, 7) is 10.0. The Morgan fingerprint density at radius 3 is 2.57 bits per heavy atom. The number of halogens is 1. The van der Waals surface area contributed by atoms with Gasteiger partial charge in [0.1, 0.15) is 0 Å². The molecule has 1 rings (SSSR count). The van der Waals surface area contributed by atoms with E-state index < -0.39 is 0 Å². The fourth-order valence-electron chi connectivity index (χ4n) is 1.98. The molecule has 0 amide bonds. The summed E-state index contributed by atoms with van der Waals surface area (Å²) in [7, 11) is 0. The molecule has 1 aliphatic carbocycles. The molecule has 1 nitrogen and oxygen atoms in total. The van der Waals surface area contributed by atoms with Crippen LogP contribution in [0.25, 0.3) is 0 Å². The highest BCUT2D eigenvalue weighted by Crippen LogP contribution is 2.47. The maximum Gasteiger partial charge on any atom is 0.0647 e. The van der Waals surface area contributed by atoms with Gasteiger partial charge >= 0.3 is 0 Å². The summed E-state index contributed by atoms with van der Waals surface area (Å²) in [5, 5.41) is 0. The van der Waals surface area contributed by atoms with E-state index in [1.54, 1.807) is 0 Å². The third-order valence-corrected chi connectivity index (χ3v) is 4.98. The van der Waals surface area contributed by atoms with Gasteiger partial charge < -0.3 is 4.74 Å². The fraction of sp³-hybridized carbons (Fsp3) is 1.00. The van der Waals surface area contributed by atoms with Crippen molar-refractivity contribution in [1.29, 1.82) is 0 Å². The molecule has 1 saturated carbocycles. The van der Waals surface area contributed by atoms with Gasteiger partial charge in [0.05, 0.1) is 6.10 Å². The van der Waals surface area contributed by atoms with Gasteiger partial charge in [0.25, 0.3) is 0 Å². The zero-order valence-electron chi connectivity index (χ0n) is 9.85. The summed E-state index contributed by atoms with van der Waals surface area (Å²) in [5.41, 5.74) is 0.325. The van der Waals surface area contributed by atoms with Gasteiger partial charge in [0, 0.05) is 16.8 Å². The van der Waals surface area contributed by atoms with Crippen molar-refractivity contribution in [2.24, 2.45) is 11.3 Å². The number of alkyl halides is 1. The number of hydrogen-bond donors (Lipinski definition) is 0. The highest BCUT2D eigenvalue weighted by molar-refractivity contribution is 9.09. The molecule has 14 heavy (non-hydrogen) atoms. The second kappa shape index (κ2) is 4.98. The molecule has 3 unspecified atom stereocenters. The quantitative estimate of drug-likeness (QED) is 0.681. The van der Waals surface area contributed by atoms with Crippen molar-refractivity contribution >= 4 is 15.9 Å². The van der Waals surface area contributed by atoms with E-state index in [1.807, 2.05) is 0 Å². The van der Waals surface area contributed by atoms with Crippen molar-refractivity contribution in [3.63, 3.8) is 0 Å². The SMILES string of the molecule is CCCC(C)COC1CC(Br)C1(C)C. The molecule has 1 fully saturated rings. The van der Waals surface area contributed by atoms with E-state index in [0.29, 0.717) is 22.3 Å². The monoisotopic (exact) mass is 262 g/mol. The van der Waals surface area contributed by atoms with Crippen LogP contribution in [0.3, 0.4) is 0 Å². The van der Waals surface area contributed by atoms with Crippen LogP contribution >= 0.6 is 15.9 Å². The van der Waals surface area contributed by atoms with Gasteiger partial charge in [-0.3, -0.25) is 0 Å². The van der Waals surface area contributed by atoms with Crippen LogP contribution in [0.1, 0.15) is 47.0 Å². The largest absolute Gasteiger partial charge is 0.377 e. The minimum absolute atomic E-state index is 0.325. The van der Waals surface area contributed by atoms with Gasteiger partial charge in [0.2, 0.25) is 0 Å². The minimum Gasteiger partial charge on any atom is -0.377 e. The summed E-state index contributed by atoms with van der Waals surface area (Å²) >= 11 is 3.68. The van der Waals surface area contributed by atoms with Crippen LogP contribution in [0.5, 0.6) is 0 Å². The molecule has 0 N–H and O–H groups in total. The standard InChI is InChI=1S/C12H23BrO/c1-5-6-9(2)8-14-11-7-10(13)12(11,3)4/h9-11H,5-8H2,1-4H3. The Morgan fingerprint density at radius 1 is 1.50 bits per heavy atom. The lowest BCUT2D eigenvalue weighted by atomic mass is 9.69. The lowest BCUT2D eigenvalue weighted by Gasteiger charge is -2.49. The molecule has 0 aromatic rings. The molecule has 0 spiro atoms. The molecule has 0 saturated heterocycles. The Morgan fingerprint density at radius 2 is 2.14 bits per heavy atom. The van der Waals surface area contributed by atoms with E-state index in [4.69, 9.17) is 4.74 Å². The van der Waals surface area contributed by atoms with Gasteiger partial charge in [-0.2, -0.15) is 0 Å². The first-order valence-electron chi connectivity index (χ1n) is 5.74. The van der Waals surface area contributed by atoms with Crippen molar-refractivity contribution < 1.29 is 4.74 Å². The van der Waals surface area contributed by atoms with Crippen molar-refractivity contribution in [1.82, 2.24) is 0 Å². The normalized spacial score (nSPS) is 32.4. The van der Waals surface area contributed by atoms with E-state index in [2.05, 4.69) is 43.6 Å². The minimum atomic E-state index is 0.325. The topological polar surface area (TPSA) is 9.23 Å². The predicted octanol–water partition coefficient (Wildman–Crippen LogP) is 4.00. The van der Waals surface area contributed by atoms with Crippen molar-refractivity contribution in [2.45, 2.75) is 57.9 Å². The van der Waals surface area contributed by atoms with Crippen molar-refractivity contribution in [3.05, 3.63) is 0 Å². The summed E-state index contributed by atoms with van der Waals surface area (Å²) in [6.07, 6.45) is 4.18. The second-order valence-corrected chi connectivity index (χ2v) is 6.35. The average Bonchev–Trinajstić information content (AvgIpc) is 2.12. The molecule has 3 atom stereocenters. The van der Waals surface area contributed by atoms with Crippen LogP contribution in [0, 0.1) is 11.3 Å². The molecule has 2 heteroatoms. The number of rotatable bonds is 5. The maximum absolute atomic E-state index is 5.95. The van der Waals surface area contributed by atoms with E-state index in [-0.39, 0.29) is 0 Å². The highest BCUT2D eigenvalue weighted by atomic mass is 79.9. The van der Waals surface area contributed by atoms with Crippen molar-refractivity contribution in [2.75, 3.05) is 6.61 Å². The summed E-state index contributed by atoms with van der Waals surface area (Å²) < 4.78 is 5.95. The van der Waals surface area contributed by atoms with Gasteiger partial charge in [-0.15, -0.1) is 0 Å². The van der Waals surface area contributed by atoms with Crippen LogP contribution in [0.4, 0.5) is 0 Å². The zero-order chi connectivity index (χ0) is 10.8. The van der Waals surface area contributed by atoms with Gasteiger partial charge in [-0.05, 0) is 18.8 Å². The van der Waals surface area contributed by atoms with Crippen LogP contribution in [0.15, 0.2) is 0 Å². The van der Waals surface area contributed by atoms with E-state index in [9.17, 15) is 0 Å². The second-order valence-electron chi connectivity index (χ2n) is 5.24. The van der Waals surface area contributed by atoms with Gasteiger partial charge in [-0.25, -0.2) is 0 Å². The third kappa shape index (κ3) is 2.73. The molecular weight excluding hydrogens is 240 g/mol. The van der Waals surface area contributed by atoms with Crippen LogP contribution < -0.4 is 0 Å². The summed E-state index contributed by atoms with van der Waals surface area (Å²) in [4.78, 5) is 0.640. The smallest absolute Gasteiger partial charge is 0.0647 e. The molecule has 0 aromatic heterocycles. The Hall–Kier alpha value is 0.440. The lowest BCUT2D eigenvalue weighted by Crippen LogP contribution is -2.51. The Kier molecular flexibility index (Phi) is 4.45. The van der Waals surface area contributed by atoms with E-state index in [1.165, 1.54) is 19.3 Å². The molecular formula is C12H23BrO. The van der Waals surface area contributed by atoms with Crippen LogP contribution in [0.2, 0.25) is 0 Å². The first kappa shape index (κ1) is 12.5. The predicted molar refractivity (Wildman–Crippen MR) is 64.9 cm³/mol. The lowest BCUT2D eigenvalue weighted by molar-refractivity contribution is -0.0944. The molecule has 0 heterocycles. The zero-order valence-corrected chi connectivity index (χ0v) is 11.4. The third-order valence-electron chi connectivity index (χ3n) is 3.42. The molecule has 0 bridgehead atoms. The highest BCUT2D eigenvalue weighted by Gasteiger charge is 2.47. The van der Waals surface area contributed by atoms with Crippen LogP contribution in [-0.2, 0) is 4.74 Å².